The molecule has 1 unspecified atom stereocenters. The Hall–Kier alpha value is -0.880. The first-order valence-corrected chi connectivity index (χ1v) is 6.72. The van der Waals surface area contributed by atoms with Gasteiger partial charge in [0, 0.05) is 12.6 Å². The van der Waals surface area contributed by atoms with Crippen LogP contribution in [0.1, 0.15) is 19.8 Å². The van der Waals surface area contributed by atoms with Gasteiger partial charge in [-0.1, -0.05) is 6.92 Å². The Kier molecular flexibility index (Phi) is 4.17. The molecule has 1 saturated heterocycles. The van der Waals surface area contributed by atoms with Crippen LogP contribution in [0.3, 0.4) is 0 Å². The first kappa shape index (κ1) is 12.6. The molecule has 0 aliphatic carbocycles. The highest BCUT2D eigenvalue weighted by Crippen LogP contribution is 2.19. The topological polar surface area (TPSA) is 61.0 Å². The molecule has 2 heterocycles. The van der Waals surface area contributed by atoms with Crippen LogP contribution in [-0.2, 0) is 0 Å². The number of anilines is 1. The van der Waals surface area contributed by atoms with Crippen LogP contribution in [0.5, 0.6) is 0 Å². The summed E-state index contributed by atoms with van der Waals surface area (Å²) in [5, 5.41) is 9.46. The molecule has 0 saturated carbocycles. The van der Waals surface area contributed by atoms with Crippen LogP contribution in [0.4, 0.5) is 5.69 Å². The fourth-order valence-corrected chi connectivity index (χ4v) is 2.61. The average Bonchev–Trinajstić information content (AvgIpc) is 2.78. The fraction of sp³-hybridized carbons (Fsp3) is 0.636. The maximum Gasteiger partial charge on any atom is 0.280 e. The summed E-state index contributed by atoms with van der Waals surface area (Å²) in [6.45, 7) is 5.30. The second-order valence-corrected chi connectivity index (χ2v) is 5.03. The summed E-state index contributed by atoms with van der Waals surface area (Å²) in [6, 6.07) is 0.561. The van der Waals surface area contributed by atoms with Crippen LogP contribution in [0, 0.1) is 0 Å². The van der Waals surface area contributed by atoms with E-state index in [1.54, 1.807) is 6.20 Å². The monoisotopic (exact) mass is 300 g/mol. The van der Waals surface area contributed by atoms with Gasteiger partial charge in [0.1, 0.15) is 4.47 Å². The average molecular weight is 301 g/mol. The minimum absolute atomic E-state index is 0.200. The molecule has 5 nitrogen and oxygen atoms in total. The molecular formula is C11H17BrN4O. The molecule has 1 aliphatic rings. The lowest BCUT2D eigenvalue weighted by molar-refractivity contribution is 0.277. The van der Waals surface area contributed by atoms with Crippen molar-refractivity contribution in [3.05, 3.63) is 21.0 Å². The zero-order chi connectivity index (χ0) is 12.3. The Balaban J connectivity index is 1.98. The summed E-state index contributed by atoms with van der Waals surface area (Å²) in [4.78, 5) is 13.8. The van der Waals surface area contributed by atoms with E-state index in [-0.39, 0.29) is 5.56 Å². The molecule has 1 fully saturated rings. The van der Waals surface area contributed by atoms with Gasteiger partial charge in [0.15, 0.2) is 0 Å². The van der Waals surface area contributed by atoms with E-state index >= 15 is 0 Å². The standard InChI is InChI=1S/C11H17BrN4O/c1-2-16-5-3-4-8(16)6-13-9-7-14-15-11(17)10(9)12/h7-8H,2-6H2,1H3,(H2,13,15,17). The molecular weight excluding hydrogens is 284 g/mol. The minimum Gasteiger partial charge on any atom is -0.381 e. The molecule has 1 atom stereocenters. The quantitative estimate of drug-likeness (QED) is 0.883. The lowest BCUT2D eigenvalue weighted by Gasteiger charge is -2.23. The predicted molar refractivity (Wildman–Crippen MR) is 71.3 cm³/mol. The number of H-pyrrole nitrogens is 1. The zero-order valence-corrected chi connectivity index (χ0v) is 11.5. The van der Waals surface area contributed by atoms with Gasteiger partial charge in [0.05, 0.1) is 11.9 Å². The van der Waals surface area contributed by atoms with Crippen molar-refractivity contribution >= 4 is 21.6 Å². The van der Waals surface area contributed by atoms with Crippen molar-refractivity contribution in [2.75, 3.05) is 25.0 Å². The van der Waals surface area contributed by atoms with Crippen LogP contribution in [0.15, 0.2) is 15.5 Å². The lowest BCUT2D eigenvalue weighted by atomic mass is 10.2. The largest absolute Gasteiger partial charge is 0.381 e. The molecule has 17 heavy (non-hydrogen) atoms. The van der Waals surface area contributed by atoms with Crippen LogP contribution in [0.2, 0.25) is 0 Å². The van der Waals surface area contributed by atoms with Gasteiger partial charge < -0.3 is 5.32 Å². The Morgan fingerprint density at radius 1 is 1.71 bits per heavy atom. The molecule has 0 bridgehead atoms. The number of likely N-dealkylation sites (tertiary alicyclic amines) is 1. The molecule has 1 aliphatic heterocycles. The van der Waals surface area contributed by atoms with Gasteiger partial charge in [0.2, 0.25) is 0 Å². The zero-order valence-electron chi connectivity index (χ0n) is 9.87. The summed E-state index contributed by atoms with van der Waals surface area (Å²) >= 11 is 3.26. The maximum atomic E-state index is 11.3. The molecule has 2 rings (SSSR count). The van der Waals surface area contributed by atoms with Crippen molar-refractivity contribution in [3.63, 3.8) is 0 Å². The summed E-state index contributed by atoms with van der Waals surface area (Å²) in [5.41, 5.74) is 0.561. The van der Waals surface area contributed by atoms with Gasteiger partial charge in [-0.05, 0) is 41.9 Å². The molecule has 6 heteroatoms. The van der Waals surface area contributed by atoms with Crippen molar-refractivity contribution in [2.45, 2.75) is 25.8 Å². The van der Waals surface area contributed by atoms with Gasteiger partial charge in [-0.15, -0.1) is 0 Å². The molecule has 1 aromatic rings. The number of aromatic nitrogens is 2. The minimum atomic E-state index is -0.200. The number of nitrogens with zero attached hydrogens (tertiary/aromatic N) is 2. The van der Waals surface area contributed by atoms with E-state index in [1.807, 2.05) is 0 Å². The Morgan fingerprint density at radius 2 is 2.53 bits per heavy atom. The highest BCUT2D eigenvalue weighted by molar-refractivity contribution is 9.10. The summed E-state index contributed by atoms with van der Waals surface area (Å²) in [7, 11) is 0. The molecule has 0 radical (unpaired) electrons. The smallest absolute Gasteiger partial charge is 0.280 e. The first-order chi connectivity index (χ1) is 8.22. The number of rotatable bonds is 4. The second kappa shape index (κ2) is 5.64. The fourth-order valence-electron chi connectivity index (χ4n) is 2.28. The molecule has 0 amide bonds. The Labute approximate surface area is 109 Å². The number of hydrogen-bond acceptors (Lipinski definition) is 4. The van der Waals surface area contributed by atoms with E-state index in [2.05, 4.69) is 43.3 Å². The number of aromatic amines is 1. The third kappa shape index (κ3) is 2.87. The van der Waals surface area contributed by atoms with Crippen molar-refractivity contribution in [1.29, 1.82) is 0 Å². The van der Waals surface area contributed by atoms with Gasteiger partial charge in [0.25, 0.3) is 5.56 Å². The third-order valence-electron chi connectivity index (χ3n) is 3.23. The number of hydrogen-bond donors (Lipinski definition) is 2. The van der Waals surface area contributed by atoms with Crippen LogP contribution >= 0.6 is 15.9 Å². The third-order valence-corrected chi connectivity index (χ3v) is 4.02. The molecule has 1 aromatic heterocycles. The van der Waals surface area contributed by atoms with Crippen molar-refractivity contribution in [2.24, 2.45) is 0 Å². The molecule has 0 aromatic carbocycles. The van der Waals surface area contributed by atoms with Crippen molar-refractivity contribution < 1.29 is 0 Å². The summed E-state index contributed by atoms with van der Waals surface area (Å²) in [6.07, 6.45) is 4.11. The van der Waals surface area contributed by atoms with E-state index in [4.69, 9.17) is 0 Å². The number of nitrogens with one attached hydrogen (secondary N) is 2. The van der Waals surface area contributed by atoms with E-state index in [0.29, 0.717) is 10.5 Å². The van der Waals surface area contributed by atoms with Crippen molar-refractivity contribution in [1.82, 2.24) is 15.1 Å². The lowest BCUT2D eigenvalue weighted by Crippen LogP contribution is -2.34. The number of halogens is 1. The normalized spacial score (nSPS) is 20.7. The summed E-state index contributed by atoms with van der Waals surface area (Å²) < 4.78 is 0.522. The summed E-state index contributed by atoms with van der Waals surface area (Å²) in [5.74, 6) is 0. The van der Waals surface area contributed by atoms with Crippen LogP contribution in [0.25, 0.3) is 0 Å². The predicted octanol–water partition coefficient (Wildman–Crippen LogP) is 1.43. The highest BCUT2D eigenvalue weighted by atomic mass is 79.9. The van der Waals surface area contributed by atoms with Gasteiger partial charge in [-0.25, -0.2) is 5.10 Å². The Bertz CT molecular complexity index is 434. The molecule has 2 N–H and O–H groups in total. The highest BCUT2D eigenvalue weighted by Gasteiger charge is 2.22. The first-order valence-electron chi connectivity index (χ1n) is 5.93. The van der Waals surface area contributed by atoms with Crippen LogP contribution < -0.4 is 10.9 Å². The van der Waals surface area contributed by atoms with Gasteiger partial charge >= 0.3 is 0 Å². The van der Waals surface area contributed by atoms with E-state index in [1.165, 1.54) is 19.4 Å². The molecule has 94 valence electrons. The molecule has 0 spiro atoms. The van der Waals surface area contributed by atoms with E-state index in [9.17, 15) is 4.79 Å². The second-order valence-electron chi connectivity index (χ2n) is 4.23. The van der Waals surface area contributed by atoms with Gasteiger partial charge in [-0.3, -0.25) is 9.69 Å². The van der Waals surface area contributed by atoms with Crippen LogP contribution in [-0.4, -0.2) is 40.8 Å². The van der Waals surface area contributed by atoms with Crippen molar-refractivity contribution in [3.8, 4) is 0 Å². The van der Waals surface area contributed by atoms with Gasteiger partial charge in [-0.2, -0.15) is 5.10 Å². The van der Waals surface area contributed by atoms with E-state index in [0.717, 1.165) is 18.8 Å². The SMILES string of the molecule is CCN1CCCC1CNc1cn[nH]c(=O)c1Br. The van der Waals surface area contributed by atoms with E-state index < -0.39 is 0 Å². The maximum absolute atomic E-state index is 11.3. The Morgan fingerprint density at radius 3 is 3.29 bits per heavy atom. The number of likely N-dealkylation sites (N-methyl/N-ethyl adjacent to an activating group) is 1.